The van der Waals surface area contributed by atoms with Crippen molar-refractivity contribution in [2.24, 2.45) is 0 Å². The van der Waals surface area contributed by atoms with Crippen LogP contribution in [0.1, 0.15) is 49.6 Å². The molecule has 2 aromatic rings. The second-order valence-electron chi connectivity index (χ2n) is 6.09. The van der Waals surface area contributed by atoms with E-state index in [1.54, 1.807) is 6.07 Å². The van der Waals surface area contributed by atoms with Crippen molar-refractivity contribution in [1.82, 2.24) is 14.7 Å². The van der Waals surface area contributed by atoms with E-state index in [0.29, 0.717) is 16.5 Å². The molecule has 0 atom stereocenters. The maximum absolute atomic E-state index is 12.8. The van der Waals surface area contributed by atoms with Gasteiger partial charge < -0.3 is 4.90 Å². The van der Waals surface area contributed by atoms with Gasteiger partial charge in [-0.25, -0.2) is 4.68 Å². The van der Waals surface area contributed by atoms with E-state index < -0.39 is 0 Å². The molecule has 3 rings (SSSR count). The van der Waals surface area contributed by atoms with Gasteiger partial charge in [-0.1, -0.05) is 18.2 Å². The summed E-state index contributed by atoms with van der Waals surface area (Å²) in [4.78, 5) is 27.2. The quantitative estimate of drug-likeness (QED) is 0.856. The Hall–Kier alpha value is -2.17. The molecule has 1 fully saturated rings. The molecule has 0 bridgehead atoms. The smallest absolute Gasteiger partial charge is 0.274 e. The van der Waals surface area contributed by atoms with Gasteiger partial charge in [-0.05, 0) is 39.2 Å². The van der Waals surface area contributed by atoms with E-state index in [4.69, 9.17) is 0 Å². The minimum Gasteiger partial charge on any atom is -0.337 e. The molecule has 0 radical (unpaired) electrons. The number of piperidine rings is 1. The number of fused-ring (bicyclic) bond motifs is 1. The number of hydrogen-bond acceptors (Lipinski definition) is 3. The SMILES string of the molecule is CC(C)n1nc(C(=O)N2CCCCC2)c2ccccc2c1=O. The van der Waals surface area contributed by atoms with Crippen molar-refractivity contribution in [1.29, 1.82) is 0 Å². The van der Waals surface area contributed by atoms with Crippen molar-refractivity contribution >= 4 is 16.7 Å². The molecule has 1 aromatic heterocycles. The average molecular weight is 299 g/mol. The first-order valence-electron chi connectivity index (χ1n) is 7.90. The van der Waals surface area contributed by atoms with Gasteiger partial charge in [0.25, 0.3) is 11.5 Å². The Morgan fingerprint density at radius 2 is 1.73 bits per heavy atom. The van der Waals surface area contributed by atoms with Crippen molar-refractivity contribution in [3.63, 3.8) is 0 Å². The molecule has 5 nitrogen and oxygen atoms in total. The Labute approximate surface area is 129 Å². The number of carbonyl (C=O) groups is 1. The van der Waals surface area contributed by atoms with Crippen LogP contribution in [0.25, 0.3) is 10.8 Å². The molecule has 0 spiro atoms. The van der Waals surface area contributed by atoms with E-state index in [1.807, 2.05) is 36.9 Å². The molecule has 5 heteroatoms. The molecule has 1 aliphatic rings. The Morgan fingerprint density at radius 1 is 1.09 bits per heavy atom. The highest BCUT2D eigenvalue weighted by Gasteiger charge is 2.23. The van der Waals surface area contributed by atoms with Crippen LogP contribution < -0.4 is 5.56 Å². The monoisotopic (exact) mass is 299 g/mol. The van der Waals surface area contributed by atoms with E-state index >= 15 is 0 Å². The number of nitrogens with zero attached hydrogens (tertiary/aromatic N) is 3. The fourth-order valence-electron chi connectivity index (χ4n) is 2.96. The molecule has 22 heavy (non-hydrogen) atoms. The molecule has 1 aliphatic heterocycles. The fraction of sp³-hybridized carbons (Fsp3) is 0.471. The minimum absolute atomic E-state index is 0.0645. The standard InChI is InChI=1S/C17H21N3O2/c1-12(2)20-16(21)14-9-5-4-8-13(14)15(18-20)17(22)19-10-6-3-7-11-19/h4-5,8-9,12H,3,6-7,10-11H2,1-2H3. The zero-order valence-electron chi connectivity index (χ0n) is 13.1. The molecule has 1 amide bonds. The molecule has 116 valence electrons. The second-order valence-corrected chi connectivity index (χ2v) is 6.09. The Bertz CT molecular complexity index is 758. The first kappa shape index (κ1) is 14.8. The summed E-state index contributed by atoms with van der Waals surface area (Å²) in [6.07, 6.45) is 3.24. The van der Waals surface area contributed by atoms with Crippen LogP contribution >= 0.6 is 0 Å². The maximum atomic E-state index is 12.8. The first-order chi connectivity index (χ1) is 10.6. The molecule has 1 aromatic carbocycles. The third kappa shape index (κ3) is 2.51. The van der Waals surface area contributed by atoms with Gasteiger partial charge in [0.2, 0.25) is 0 Å². The third-order valence-electron chi connectivity index (χ3n) is 4.16. The Balaban J connectivity index is 2.17. The molecule has 0 N–H and O–H groups in total. The van der Waals surface area contributed by atoms with Crippen molar-refractivity contribution < 1.29 is 4.79 Å². The third-order valence-corrected chi connectivity index (χ3v) is 4.16. The van der Waals surface area contributed by atoms with Crippen molar-refractivity contribution in [3.05, 3.63) is 40.3 Å². The summed E-state index contributed by atoms with van der Waals surface area (Å²) >= 11 is 0. The van der Waals surface area contributed by atoms with Crippen molar-refractivity contribution in [2.75, 3.05) is 13.1 Å². The lowest BCUT2D eigenvalue weighted by molar-refractivity contribution is 0.0717. The number of rotatable bonds is 2. The normalized spacial score (nSPS) is 15.5. The highest BCUT2D eigenvalue weighted by Crippen LogP contribution is 2.18. The highest BCUT2D eigenvalue weighted by molar-refractivity contribution is 6.04. The fourth-order valence-corrected chi connectivity index (χ4v) is 2.96. The van der Waals surface area contributed by atoms with Crippen molar-refractivity contribution in [2.45, 2.75) is 39.2 Å². The van der Waals surface area contributed by atoms with Crippen LogP contribution in [0.4, 0.5) is 0 Å². The van der Waals surface area contributed by atoms with E-state index in [1.165, 1.54) is 11.1 Å². The van der Waals surface area contributed by atoms with Crippen molar-refractivity contribution in [3.8, 4) is 0 Å². The molecular weight excluding hydrogens is 278 g/mol. The van der Waals surface area contributed by atoms with Gasteiger partial charge >= 0.3 is 0 Å². The number of carbonyl (C=O) groups excluding carboxylic acids is 1. The number of hydrogen-bond donors (Lipinski definition) is 0. The van der Waals surface area contributed by atoms with Gasteiger partial charge in [-0.2, -0.15) is 5.10 Å². The van der Waals surface area contributed by atoms with E-state index in [9.17, 15) is 9.59 Å². The van der Waals surface area contributed by atoms with E-state index in [0.717, 1.165) is 25.9 Å². The van der Waals surface area contributed by atoms with Crippen LogP contribution in [-0.4, -0.2) is 33.7 Å². The van der Waals surface area contributed by atoms with Gasteiger partial charge in [0.15, 0.2) is 5.69 Å². The zero-order chi connectivity index (χ0) is 15.7. The van der Waals surface area contributed by atoms with Gasteiger partial charge in [0.1, 0.15) is 0 Å². The lowest BCUT2D eigenvalue weighted by Gasteiger charge is -2.27. The average Bonchev–Trinajstić information content (AvgIpc) is 2.55. The van der Waals surface area contributed by atoms with Gasteiger partial charge in [0.05, 0.1) is 11.4 Å². The minimum atomic E-state index is -0.138. The number of aromatic nitrogens is 2. The first-order valence-corrected chi connectivity index (χ1v) is 7.90. The summed E-state index contributed by atoms with van der Waals surface area (Å²) in [5, 5.41) is 5.60. The molecule has 0 aliphatic carbocycles. The van der Waals surface area contributed by atoms with Crippen LogP contribution in [0, 0.1) is 0 Å². The van der Waals surface area contributed by atoms with Gasteiger partial charge in [-0.15, -0.1) is 0 Å². The van der Waals surface area contributed by atoms with Gasteiger partial charge in [-0.3, -0.25) is 9.59 Å². The molecule has 2 heterocycles. The zero-order valence-corrected chi connectivity index (χ0v) is 13.1. The lowest BCUT2D eigenvalue weighted by Crippen LogP contribution is -2.38. The lowest BCUT2D eigenvalue weighted by atomic mass is 10.1. The molecule has 1 saturated heterocycles. The van der Waals surface area contributed by atoms with E-state index in [2.05, 4.69) is 5.10 Å². The van der Waals surface area contributed by atoms with Crippen LogP contribution in [0.2, 0.25) is 0 Å². The summed E-state index contributed by atoms with van der Waals surface area (Å²) in [5.74, 6) is -0.0645. The summed E-state index contributed by atoms with van der Waals surface area (Å²) in [5.41, 5.74) is 0.256. The summed E-state index contributed by atoms with van der Waals surface area (Å²) in [7, 11) is 0. The number of benzene rings is 1. The summed E-state index contributed by atoms with van der Waals surface area (Å²) < 4.78 is 1.42. The van der Waals surface area contributed by atoms with Crippen LogP contribution in [0.5, 0.6) is 0 Å². The van der Waals surface area contributed by atoms with E-state index in [-0.39, 0.29) is 17.5 Å². The number of amides is 1. The molecular formula is C17H21N3O2. The predicted molar refractivity (Wildman–Crippen MR) is 86.1 cm³/mol. The van der Waals surface area contributed by atoms with Crippen LogP contribution in [-0.2, 0) is 0 Å². The molecule has 0 unspecified atom stereocenters. The highest BCUT2D eigenvalue weighted by atomic mass is 16.2. The summed E-state index contributed by atoms with van der Waals surface area (Å²) in [6.45, 7) is 5.35. The number of likely N-dealkylation sites (tertiary alicyclic amines) is 1. The predicted octanol–water partition coefficient (Wildman–Crippen LogP) is 2.60. The Morgan fingerprint density at radius 3 is 2.36 bits per heavy atom. The topological polar surface area (TPSA) is 55.2 Å². The van der Waals surface area contributed by atoms with Gasteiger partial charge in [0, 0.05) is 18.5 Å². The Kier molecular flexibility index (Phi) is 3.96. The van der Waals surface area contributed by atoms with Crippen LogP contribution in [0.3, 0.4) is 0 Å². The second kappa shape index (κ2) is 5.91. The molecule has 0 saturated carbocycles. The largest absolute Gasteiger partial charge is 0.337 e. The maximum Gasteiger partial charge on any atom is 0.274 e. The summed E-state index contributed by atoms with van der Waals surface area (Å²) in [6, 6.07) is 7.17. The van der Waals surface area contributed by atoms with Crippen LogP contribution in [0.15, 0.2) is 29.1 Å².